The van der Waals surface area contributed by atoms with E-state index in [-0.39, 0.29) is 0 Å². The molecule has 0 aromatic rings. The number of piperazine rings is 1. The average Bonchev–Trinajstić information content (AvgIpc) is 2.88. The third kappa shape index (κ3) is 2.45. The van der Waals surface area contributed by atoms with Crippen molar-refractivity contribution < 1.29 is 4.74 Å². The zero-order valence-corrected chi connectivity index (χ0v) is 11.8. The van der Waals surface area contributed by atoms with Crippen LogP contribution in [0.25, 0.3) is 0 Å². The van der Waals surface area contributed by atoms with Gasteiger partial charge in [0.2, 0.25) is 0 Å². The van der Waals surface area contributed by atoms with E-state index in [1.807, 2.05) is 0 Å². The number of nitrogens with zero attached hydrogens (tertiary/aromatic N) is 1. The first-order valence-corrected chi connectivity index (χ1v) is 7.83. The van der Waals surface area contributed by atoms with E-state index in [2.05, 4.69) is 17.1 Å². The van der Waals surface area contributed by atoms with Crippen LogP contribution in [0.2, 0.25) is 0 Å². The smallest absolute Gasteiger partial charge is 0.0548 e. The van der Waals surface area contributed by atoms with Crippen LogP contribution in [0.15, 0.2) is 0 Å². The summed E-state index contributed by atoms with van der Waals surface area (Å²) in [5, 5.41) is 3.45. The molecule has 104 valence electrons. The number of nitrogens with one attached hydrogen (secondary N) is 1. The fourth-order valence-corrected chi connectivity index (χ4v) is 4.26. The molecule has 1 N–H and O–H groups in total. The van der Waals surface area contributed by atoms with Crippen molar-refractivity contribution in [3.8, 4) is 0 Å². The Bertz CT molecular complexity index is 266. The van der Waals surface area contributed by atoms with Gasteiger partial charge in [0.1, 0.15) is 0 Å². The second-order valence-electron chi connectivity index (χ2n) is 6.68. The van der Waals surface area contributed by atoms with Crippen molar-refractivity contribution in [3.05, 3.63) is 0 Å². The van der Waals surface area contributed by atoms with Crippen LogP contribution in [0.5, 0.6) is 0 Å². The summed E-state index contributed by atoms with van der Waals surface area (Å²) in [5.41, 5.74) is 0.542. The van der Waals surface area contributed by atoms with Gasteiger partial charge in [0.05, 0.1) is 13.2 Å². The van der Waals surface area contributed by atoms with E-state index in [9.17, 15) is 0 Å². The Labute approximate surface area is 111 Å². The van der Waals surface area contributed by atoms with Gasteiger partial charge in [-0.05, 0) is 32.1 Å². The maximum atomic E-state index is 5.61. The van der Waals surface area contributed by atoms with Crippen molar-refractivity contribution >= 4 is 0 Å². The summed E-state index contributed by atoms with van der Waals surface area (Å²) < 4.78 is 5.61. The van der Waals surface area contributed by atoms with Gasteiger partial charge in [-0.15, -0.1) is 0 Å². The van der Waals surface area contributed by atoms with Gasteiger partial charge in [-0.25, -0.2) is 0 Å². The van der Waals surface area contributed by atoms with Crippen molar-refractivity contribution in [1.82, 2.24) is 10.2 Å². The summed E-state index contributed by atoms with van der Waals surface area (Å²) in [7, 11) is 0. The lowest BCUT2D eigenvalue weighted by Gasteiger charge is -2.49. The largest absolute Gasteiger partial charge is 0.380 e. The van der Waals surface area contributed by atoms with Crippen LogP contribution in [0.4, 0.5) is 0 Å². The van der Waals surface area contributed by atoms with Gasteiger partial charge >= 0.3 is 0 Å². The Morgan fingerprint density at radius 1 is 1.22 bits per heavy atom. The molecule has 1 saturated carbocycles. The molecular weight excluding hydrogens is 224 g/mol. The number of rotatable bonds is 4. The minimum Gasteiger partial charge on any atom is -0.380 e. The monoisotopic (exact) mass is 252 g/mol. The van der Waals surface area contributed by atoms with Gasteiger partial charge in [0, 0.05) is 37.6 Å². The first kappa shape index (κ1) is 12.9. The number of ether oxygens (including phenoxy) is 1. The topological polar surface area (TPSA) is 24.5 Å². The predicted octanol–water partition coefficient (Wildman–Crippen LogP) is 1.88. The van der Waals surface area contributed by atoms with Gasteiger partial charge in [-0.3, -0.25) is 4.90 Å². The second kappa shape index (κ2) is 5.48. The average molecular weight is 252 g/mol. The summed E-state index contributed by atoms with van der Waals surface area (Å²) >= 11 is 0. The predicted molar refractivity (Wildman–Crippen MR) is 73.7 cm³/mol. The fraction of sp³-hybridized carbons (Fsp3) is 1.00. The first-order valence-electron chi connectivity index (χ1n) is 7.83. The van der Waals surface area contributed by atoms with E-state index in [4.69, 9.17) is 4.74 Å². The Kier molecular flexibility index (Phi) is 3.92. The lowest BCUT2D eigenvalue weighted by molar-refractivity contribution is -0.157. The van der Waals surface area contributed by atoms with Crippen LogP contribution < -0.4 is 5.32 Å². The maximum absolute atomic E-state index is 5.61. The molecule has 0 aromatic carbocycles. The van der Waals surface area contributed by atoms with E-state index >= 15 is 0 Å². The minimum absolute atomic E-state index is 0.542. The van der Waals surface area contributed by atoms with Gasteiger partial charge in [0.15, 0.2) is 0 Å². The number of hydrogen-bond donors (Lipinski definition) is 1. The highest BCUT2D eigenvalue weighted by atomic mass is 16.5. The van der Waals surface area contributed by atoms with Crippen molar-refractivity contribution in [2.24, 2.45) is 11.3 Å². The molecule has 3 aliphatic rings. The van der Waals surface area contributed by atoms with Crippen LogP contribution in [-0.4, -0.2) is 50.3 Å². The van der Waals surface area contributed by atoms with E-state index in [0.29, 0.717) is 5.41 Å². The molecule has 2 saturated heterocycles. The molecule has 1 atom stereocenters. The summed E-state index contributed by atoms with van der Waals surface area (Å²) in [6, 6.07) is 0.733. The maximum Gasteiger partial charge on any atom is 0.0548 e. The highest BCUT2D eigenvalue weighted by Crippen LogP contribution is 2.48. The van der Waals surface area contributed by atoms with Gasteiger partial charge in [-0.1, -0.05) is 12.8 Å². The summed E-state index contributed by atoms with van der Waals surface area (Å²) in [4.78, 5) is 2.67. The molecule has 3 rings (SSSR count). The summed E-state index contributed by atoms with van der Waals surface area (Å²) in [6.07, 6.45) is 7.18. The molecule has 1 unspecified atom stereocenters. The van der Waals surface area contributed by atoms with E-state index in [0.717, 1.165) is 38.3 Å². The molecule has 2 heterocycles. The molecule has 0 spiro atoms. The molecule has 0 bridgehead atoms. The molecule has 2 aliphatic heterocycles. The Hall–Kier alpha value is -0.120. The van der Waals surface area contributed by atoms with Gasteiger partial charge in [0.25, 0.3) is 0 Å². The van der Waals surface area contributed by atoms with Crippen molar-refractivity contribution in [2.75, 3.05) is 39.4 Å². The van der Waals surface area contributed by atoms with Crippen molar-refractivity contribution in [2.45, 2.75) is 45.1 Å². The molecule has 18 heavy (non-hydrogen) atoms. The lowest BCUT2D eigenvalue weighted by atomic mass is 9.68. The quantitative estimate of drug-likeness (QED) is 0.827. The van der Waals surface area contributed by atoms with Crippen LogP contribution in [0, 0.1) is 11.3 Å². The molecule has 1 aliphatic carbocycles. The van der Waals surface area contributed by atoms with Gasteiger partial charge < -0.3 is 10.1 Å². The van der Waals surface area contributed by atoms with Crippen LogP contribution >= 0.6 is 0 Å². The van der Waals surface area contributed by atoms with Gasteiger partial charge in [-0.2, -0.15) is 0 Å². The molecule has 0 aromatic heterocycles. The van der Waals surface area contributed by atoms with Crippen molar-refractivity contribution in [3.63, 3.8) is 0 Å². The Morgan fingerprint density at radius 2 is 1.89 bits per heavy atom. The highest BCUT2D eigenvalue weighted by Gasteiger charge is 2.47. The normalized spacial score (nSPS) is 31.2. The third-order valence-corrected chi connectivity index (χ3v) is 5.48. The van der Waals surface area contributed by atoms with Crippen molar-refractivity contribution in [1.29, 1.82) is 0 Å². The molecule has 0 radical (unpaired) electrons. The molecule has 3 nitrogen and oxygen atoms in total. The fourth-order valence-electron chi connectivity index (χ4n) is 4.26. The first-order chi connectivity index (χ1) is 8.80. The molecular formula is C15H28N2O. The lowest BCUT2D eigenvalue weighted by Crippen LogP contribution is -2.54. The van der Waals surface area contributed by atoms with Crippen LogP contribution in [-0.2, 0) is 4.74 Å². The Morgan fingerprint density at radius 3 is 2.44 bits per heavy atom. The standard InChI is InChI=1S/C15H28N2O/c1-13(17-8-6-16-7-9-17)10-15(11-18-12-15)14-4-2-3-5-14/h13-14,16H,2-12H2,1H3. The summed E-state index contributed by atoms with van der Waals surface area (Å²) in [5.74, 6) is 0.955. The summed E-state index contributed by atoms with van der Waals surface area (Å²) in [6.45, 7) is 9.28. The number of hydrogen-bond acceptors (Lipinski definition) is 3. The van der Waals surface area contributed by atoms with Crippen LogP contribution in [0.1, 0.15) is 39.0 Å². The second-order valence-corrected chi connectivity index (χ2v) is 6.68. The molecule has 3 heteroatoms. The van der Waals surface area contributed by atoms with E-state index in [1.165, 1.54) is 45.2 Å². The Balaban J connectivity index is 1.58. The third-order valence-electron chi connectivity index (χ3n) is 5.48. The van der Waals surface area contributed by atoms with Crippen LogP contribution in [0.3, 0.4) is 0 Å². The zero-order chi connectivity index (χ0) is 12.4. The zero-order valence-electron chi connectivity index (χ0n) is 11.8. The SMILES string of the molecule is CC(CC1(C2CCCC2)COC1)N1CCNCC1. The van der Waals surface area contributed by atoms with E-state index < -0.39 is 0 Å². The minimum atomic E-state index is 0.542. The van der Waals surface area contributed by atoms with E-state index in [1.54, 1.807) is 0 Å². The molecule has 0 amide bonds. The molecule has 3 fully saturated rings. The highest BCUT2D eigenvalue weighted by molar-refractivity contribution is 4.96.